The zero-order chi connectivity index (χ0) is 30.1. The zero-order valence-electron chi connectivity index (χ0n) is 22.7. The summed E-state index contributed by atoms with van der Waals surface area (Å²) in [5, 5.41) is 19.9. The number of halogens is 2. The van der Waals surface area contributed by atoms with E-state index in [9.17, 15) is 23.9 Å². The molecule has 13 heteroatoms. The quantitative estimate of drug-likeness (QED) is 0.338. The first-order valence-corrected chi connectivity index (χ1v) is 14.0. The highest BCUT2D eigenvalue weighted by Crippen LogP contribution is 2.37. The van der Waals surface area contributed by atoms with Crippen LogP contribution in [0, 0.1) is 5.82 Å². The standard InChI is InChI=1S/C30H26ClFN6O5/c31-22-4-2-6-25(26(22)32)38-17-23(34-35-38)29(40)37-12-11-20-21(3-1-5-24(20)36-13-15-43-16-14-36)27(37)28(39)33-19-9-7-18(8-10-19)30(41)42/h1-10,17,27H,11-16H2,(H,33,39)(H,41,42). The molecule has 0 saturated carbocycles. The van der Waals surface area contributed by atoms with Crippen LogP contribution in [0.3, 0.4) is 0 Å². The highest BCUT2D eigenvalue weighted by atomic mass is 35.5. The summed E-state index contributed by atoms with van der Waals surface area (Å²) in [6.07, 6.45) is 1.79. The Labute approximate surface area is 250 Å². The molecule has 1 unspecified atom stereocenters. The fourth-order valence-electron chi connectivity index (χ4n) is 5.45. The van der Waals surface area contributed by atoms with Gasteiger partial charge in [0, 0.05) is 31.0 Å². The molecule has 3 aromatic carbocycles. The molecule has 2 amide bonds. The minimum Gasteiger partial charge on any atom is -0.478 e. The number of nitrogens with zero attached hydrogens (tertiary/aromatic N) is 5. The van der Waals surface area contributed by atoms with E-state index in [4.69, 9.17) is 16.3 Å². The molecule has 11 nitrogen and oxygen atoms in total. The largest absolute Gasteiger partial charge is 0.478 e. The van der Waals surface area contributed by atoms with Crippen molar-refractivity contribution in [1.82, 2.24) is 19.9 Å². The SMILES string of the molecule is O=C(O)c1ccc(NC(=O)C2c3cccc(N4CCOCC4)c3CCN2C(=O)c2cn(-c3cccc(Cl)c3F)nn2)cc1. The molecule has 0 spiro atoms. The summed E-state index contributed by atoms with van der Waals surface area (Å²) in [7, 11) is 0. The number of carbonyl (C=O) groups is 3. The van der Waals surface area contributed by atoms with Crippen LogP contribution in [0.25, 0.3) is 5.69 Å². The van der Waals surface area contributed by atoms with E-state index in [1.165, 1.54) is 47.5 Å². The van der Waals surface area contributed by atoms with Gasteiger partial charge in [0.15, 0.2) is 11.5 Å². The fourth-order valence-corrected chi connectivity index (χ4v) is 5.62. The molecule has 2 aliphatic rings. The summed E-state index contributed by atoms with van der Waals surface area (Å²) in [6, 6.07) is 14.8. The lowest BCUT2D eigenvalue weighted by molar-refractivity contribution is -0.121. The molecule has 2 N–H and O–H groups in total. The van der Waals surface area contributed by atoms with Crippen LogP contribution in [0.2, 0.25) is 5.02 Å². The molecular weight excluding hydrogens is 579 g/mol. The van der Waals surface area contributed by atoms with Crippen LogP contribution in [0.4, 0.5) is 15.8 Å². The summed E-state index contributed by atoms with van der Waals surface area (Å²) in [5.41, 5.74) is 3.01. The average molecular weight is 605 g/mol. The maximum atomic E-state index is 14.6. The van der Waals surface area contributed by atoms with Crippen LogP contribution < -0.4 is 10.2 Å². The van der Waals surface area contributed by atoms with E-state index in [2.05, 4.69) is 20.5 Å². The van der Waals surface area contributed by atoms with E-state index >= 15 is 0 Å². The van der Waals surface area contributed by atoms with Gasteiger partial charge in [-0.3, -0.25) is 9.59 Å². The van der Waals surface area contributed by atoms with Crippen molar-refractivity contribution >= 4 is 40.8 Å². The Morgan fingerprint density at radius 1 is 0.977 bits per heavy atom. The third-order valence-electron chi connectivity index (χ3n) is 7.55. The molecule has 43 heavy (non-hydrogen) atoms. The maximum absolute atomic E-state index is 14.6. The Hall–Kier alpha value is -4.81. The van der Waals surface area contributed by atoms with Crippen molar-refractivity contribution in [2.45, 2.75) is 12.5 Å². The van der Waals surface area contributed by atoms with Crippen molar-refractivity contribution in [3.05, 3.63) is 100 Å². The Bertz CT molecular complexity index is 1710. The molecule has 1 saturated heterocycles. The number of ether oxygens (including phenoxy) is 1. The third-order valence-corrected chi connectivity index (χ3v) is 7.84. The van der Waals surface area contributed by atoms with E-state index in [1.807, 2.05) is 18.2 Å². The van der Waals surface area contributed by atoms with E-state index in [1.54, 1.807) is 6.07 Å². The topological polar surface area (TPSA) is 130 Å². The number of anilines is 2. The summed E-state index contributed by atoms with van der Waals surface area (Å²) in [5.74, 6) is -2.83. The van der Waals surface area contributed by atoms with Gasteiger partial charge in [0.05, 0.1) is 30.0 Å². The number of morpholine rings is 1. The second kappa shape index (κ2) is 11.8. The molecule has 2 aliphatic heterocycles. The Kier molecular flexibility index (Phi) is 7.78. The second-order valence-corrected chi connectivity index (χ2v) is 10.5. The first-order chi connectivity index (χ1) is 20.8. The van der Waals surface area contributed by atoms with Crippen LogP contribution in [0.15, 0.2) is 66.9 Å². The number of nitrogens with one attached hydrogen (secondary N) is 1. The minimum atomic E-state index is -1.09. The van der Waals surface area contributed by atoms with Gasteiger partial charge in [0.25, 0.3) is 11.8 Å². The maximum Gasteiger partial charge on any atom is 0.335 e. The molecule has 1 atom stereocenters. The lowest BCUT2D eigenvalue weighted by Gasteiger charge is -2.39. The Morgan fingerprint density at radius 2 is 1.70 bits per heavy atom. The number of carboxylic acid groups (broad SMARTS) is 1. The number of aromatic carboxylic acids is 1. The summed E-state index contributed by atoms with van der Waals surface area (Å²) in [6.45, 7) is 2.80. The number of hydrogen-bond donors (Lipinski definition) is 2. The summed E-state index contributed by atoms with van der Waals surface area (Å²) >= 11 is 5.92. The van der Waals surface area contributed by atoms with E-state index in [-0.39, 0.29) is 28.5 Å². The van der Waals surface area contributed by atoms with Crippen LogP contribution in [-0.2, 0) is 16.0 Å². The van der Waals surface area contributed by atoms with Gasteiger partial charge in [-0.1, -0.05) is 35.0 Å². The van der Waals surface area contributed by atoms with Crippen LogP contribution in [-0.4, -0.2) is 75.6 Å². The molecule has 220 valence electrons. The molecule has 3 heterocycles. The highest BCUT2D eigenvalue weighted by Gasteiger charge is 2.39. The van der Waals surface area contributed by atoms with Gasteiger partial charge in [-0.25, -0.2) is 13.9 Å². The van der Waals surface area contributed by atoms with Crippen molar-refractivity contribution in [1.29, 1.82) is 0 Å². The van der Waals surface area contributed by atoms with Gasteiger partial charge >= 0.3 is 5.97 Å². The van der Waals surface area contributed by atoms with Crippen LogP contribution in [0.1, 0.15) is 38.0 Å². The molecule has 6 rings (SSSR count). The summed E-state index contributed by atoms with van der Waals surface area (Å²) < 4.78 is 21.3. The van der Waals surface area contributed by atoms with Crippen molar-refractivity contribution in [2.24, 2.45) is 0 Å². The number of rotatable bonds is 6. The first-order valence-electron chi connectivity index (χ1n) is 13.6. The number of hydrogen-bond acceptors (Lipinski definition) is 7. The first kappa shape index (κ1) is 28.3. The number of benzene rings is 3. The number of carboxylic acids is 1. The van der Waals surface area contributed by atoms with Gasteiger partial charge in [-0.15, -0.1) is 5.10 Å². The van der Waals surface area contributed by atoms with Crippen molar-refractivity contribution in [3.63, 3.8) is 0 Å². The van der Waals surface area contributed by atoms with Gasteiger partial charge in [0.1, 0.15) is 11.7 Å². The minimum absolute atomic E-state index is 0.0253. The predicted octanol–water partition coefficient (Wildman–Crippen LogP) is 3.97. The molecule has 0 bridgehead atoms. The lowest BCUT2D eigenvalue weighted by atomic mass is 9.89. The normalized spacial score (nSPS) is 16.5. The van der Waals surface area contributed by atoms with Gasteiger partial charge in [0.2, 0.25) is 0 Å². The van der Waals surface area contributed by atoms with Crippen molar-refractivity contribution in [3.8, 4) is 5.69 Å². The fraction of sp³-hybridized carbons (Fsp3) is 0.233. The zero-order valence-corrected chi connectivity index (χ0v) is 23.5. The van der Waals surface area contributed by atoms with Crippen molar-refractivity contribution < 1.29 is 28.6 Å². The Morgan fingerprint density at radius 3 is 2.44 bits per heavy atom. The monoisotopic (exact) mass is 604 g/mol. The number of aromatic nitrogens is 3. The highest BCUT2D eigenvalue weighted by molar-refractivity contribution is 6.30. The van der Waals surface area contributed by atoms with Gasteiger partial charge < -0.3 is 25.0 Å². The van der Waals surface area contributed by atoms with Gasteiger partial charge in [-0.2, -0.15) is 0 Å². The average Bonchev–Trinajstić information content (AvgIpc) is 3.52. The number of fused-ring (bicyclic) bond motifs is 1. The molecule has 0 radical (unpaired) electrons. The predicted molar refractivity (Wildman–Crippen MR) is 155 cm³/mol. The molecular formula is C30H26ClFN6O5. The molecule has 1 aromatic heterocycles. The summed E-state index contributed by atoms with van der Waals surface area (Å²) in [4.78, 5) is 42.7. The van der Waals surface area contributed by atoms with E-state index in [0.717, 1.165) is 15.9 Å². The van der Waals surface area contributed by atoms with Crippen LogP contribution in [0.5, 0.6) is 0 Å². The second-order valence-electron chi connectivity index (χ2n) is 10.1. The number of amides is 2. The number of carbonyl (C=O) groups excluding carboxylic acids is 2. The van der Waals surface area contributed by atoms with E-state index < -0.39 is 29.6 Å². The van der Waals surface area contributed by atoms with Gasteiger partial charge in [-0.05, 0) is 60.0 Å². The van der Waals surface area contributed by atoms with E-state index in [0.29, 0.717) is 44.0 Å². The van der Waals surface area contributed by atoms with Crippen molar-refractivity contribution in [2.75, 3.05) is 43.1 Å². The van der Waals surface area contributed by atoms with Crippen LogP contribution >= 0.6 is 11.6 Å². The lowest BCUT2D eigenvalue weighted by Crippen LogP contribution is -2.46. The Balaban J connectivity index is 1.35. The molecule has 0 aliphatic carbocycles. The molecule has 4 aromatic rings. The smallest absolute Gasteiger partial charge is 0.335 e. The molecule has 1 fully saturated rings. The third kappa shape index (κ3) is 5.54.